The van der Waals surface area contributed by atoms with Crippen molar-refractivity contribution in [1.82, 2.24) is 0 Å². The molecule has 20 heavy (non-hydrogen) atoms. The third-order valence-corrected chi connectivity index (χ3v) is 3.31. The molecule has 0 amide bonds. The molecule has 0 unspecified atom stereocenters. The summed E-state index contributed by atoms with van der Waals surface area (Å²) in [4.78, 5) is 10.7. The molecule has 0 saturated heterocycles. The van der Waals surface area contributed by atoms with E-state index >= 15 is 0 Å². The van der Waals surface area contributed by atoms with Gasteiger partial charge in [0, 0.05) is 24.3 Å². The van der Waals surface area contributed by atoms with Gasteiger partial charge < -0.3 is 0 Å². The van der Waals surface area contributed by atoms with E-state index in [2.05, 4.69) is 20.8 Å². The lowest BCUT2D eigenvalue weighted by molar-refractivity contribution is -0.671. The second-order valence-corrected chi connectivity index (χ2v) is 5.99. The first-order valence-corrected chi connectivity index (χ1v) is 6.53. The SMILES string of the molecule is C[n+]1ccc(-c2cc([N+](=O)[O-])ccc2C(C)(C)C)cc1. The molecule has 0 saturated carbocycles. The minimum Gasteiger partial charge on any atom is -0.258 e. The van der Waals surface area contributed by atoms with Crippen molar-refractivity contribution in [1.29, 1.82) is 0 Å². The van der Waals surface area contributed by atoms with Gasteiger partial charge >= 0.3 is 0 Å². The maximum atomic E-state index is 11.0. The van der Waals surface area contributed by atoms with Gasteiger partial charge in [-0.3, -0.25) is 10.1 Å². The van der Waals surface area contributed by atoms with Crippen molar-refractivity contribution in [2.24, 2.45) is 7.05 Å². The van der Waals surface area contributed by atoms with E-state index in [0.29, 0.717) is 0 Å². The number of non-ortho nitro benzene ring substituents is 1. The molecule has 4 heteroatoms. The van der Waals surface area contributed by atoms with Gasteiger partial charge in [0.2, 0.25) is 0 Å². The van der Waals surface area contributed by atoms with E-state index in [9.17, 15) is 10.1 Å². The van der Waals surface area contributed by atoms with Gasteiger partial charge in [0.15, 0.2) is 12.4 Å². The quantitative estimate of drug-likeness (QED) is 0.477. The Balaban J connectivity index is 2.66. The summed E-state index contributed by atoms with van der Waals surface area (Å²) in [6.07, 6.45) is 3.89. The van der Waals surface area contributed by atoms with Crippen molar-refractivity contribution < 1.29 is 9.49 Å². The molecule has 2 rings (SSSR count). The fourth-order valence-electron chi connectivity index (χ4n) is 2.22. The molecular weight excluding hydrogens is 252 g/mol. The number of nitro groups is 1. The normalized spacial score (nSPS) is 11.4. The number of nitrogens with zero attached hydrogens (tertiary/aromatic N) is 2. The Labute approximate surface area is 118 Å². The van der Waals surface area contributed by atoms with E-state index < -0.39 is 0 Å². The zero-order chi connectivity index (χ0) is 14.9. The van der Waals surface area contributed by atoms with Crippen LogP contribution in [-0.4, -0.2) is 4.92 Å². The third kappa shape index (κ3) is 2.85. The summed E-state index contributed by atoms with van der Waals surface area (Å²) >= 11 is 0. The summed E-state index contributed by atoms with van der Waals surface area (Å²) in [5.41, 5.74) is 3.09. The van der Waals surface area contributed by atoms with E-state index in [-0.39, 0.29) is 16.0 Å². The van der Waals surface area contributed by atoms with Gasteiger partial charge in [-0.05, 0) is 22.1 Å². The molecule has 4 nitrogen and oxygen atoms in total. The largest absolute Gasteiger partial charge is 0.270 e. The lowest BCUT2D eigenvalue weighted by Gasteiger charge is -2.22. The Bertz CT molecular complexity index is 641. The van der Waals surface area contributed by atoms with Crippen LogP contribution in [0.25, 0.3) is 11.1 Å². The fourth-order valence-corrected chi connectivity index (χ4v) is 2.22. The van der Waals surface area contributed by atoms with Crippen LogP contribution in [-0.2, 0) is 12.5 Å². The molecule has 0 aliphatic carbocycles. The molecule has 0 atom stereocenters. The predicted octanol–water partition coefficient (Wildman–Crippen LogP) is 3.38. The first-order valence-electron chi connectivity index (χ1n) is 6.53. The highest BCUT2D eigenvalue weighted by atomic mass is 16.6. The van der Waals surface area contributed by atoms with Crippen LogP contribution in [0.2, 0.25) is 0 Å². The third-order valence-electron chi connectivity index (χ3n) is 3.31. The number of nitro benzene ring substituents is 1. The molecule has 0 aliphatic heterocycles. The van der Waals surface area contributed by atoms with Crippen LogP contribution < -0.4 is 4.57 Å². The van der Waals surface area contributed by atoms with Crippen LogP contribution in [0, 0.1) is 10.1 Å². The van der Waals surface area contributed by atoms with E-state index in [0.717, 1.165) is 16.7 Å². The van der Waals surface area contributed by atoms with Crippen molar-refractivity contribution in [2.45, 2.75) is 26.2 Å². The number of benzene rings is 1. The van der Waals surface area contributed by atoms with Gasteiger partial charge in [-0.15, -0.1) is 0 Å². The molecule has 0 fully saturated rings. The van der Waals surface area contributed by atoms with Gasteiger partial charge in [0.25, 0.3) is 5.69 Å². The topological polar surface area (TPSA) is 47.0 Å². The number of aromatic nitrogens is 1. The minimum atomic E-state index is -0.348. The first kappa shape index (κ1) is 14.2. The summed E-state index contributed by atoms with van der Waals surface area (Å²) in [5, 5.41) is 11.0. The molecule has 0 spiro atoms. The highest BCUT2D eigenvalue weighted by molar-refractivity contribution is 5.70. The second kappa shape index (κ2) is 5.04. The highest BCUT2D eigenvalue weighted by Gasteiger charge is 2.21. The molecule has 104 valence electrons. The van der Waals surface area contributed by atoms with Gasteiger partial charge in [-0.2, -0.15) is 0 Å². The zero-order valence-corrected chi connectivity index (χ0v) is 12.3. The fraction of sp³-hybridized carbons (Fsp3) is 0.312. The number of aryl methyl sites for hydroxylation is 1. The number of rotatable bonds is 2. The Morgan fingerprint density at radius 3 is 2.20 bits per heavy atom. The first-order chi connectivity index (χ1) is 9.29. The molecular formula is C16H19N2O2+. The molecule has 1 aromatic heterocycles. The van der Waals surface area contributed by atoms with Crippen LogP contribution in [0.1, 0.15) is 26.3 Å². The predicted molar refractivity (Wildman–Crippen MR) is 78.4 cm³/mol. The Kier molecular flexibility index (Phi) is 3.57. The maximum absolute atomic E-state index is 11.0. The number of pyridine rings is 1. The van der Waals surface area contributed by atoms with Crippen molar-refractivity contribution in [2.75, 3.05) is 0 Å². The van der Waals surface area contributed by atoms with Crippen LogP contribution in [0.15, 0.2) is 42.7 Å². The van der Waals surface area contributed by atoms with E-state index in [1.54, 1.807) is 12.1 Å². The van der Waals surface area contributed by atoms with Gasteiger partial charge in [-0.25, -0.2) is 4.57 Å². The van der Waals surface area contributed by atoms with Crippen LogP contribution in [0.4, 0.5) is 5.69 Å². The summed E-state index contributed by atoms with van der Waals surface area (Å²) in [5.74, 6) is 0. The summed E-state index contributed by atoms with van der Waals surface area (Å²) in [6.45, 7) is 6.34. The molecule has 1 aromatic carbocycles. The van der Waals surface area contributed by atoms with Crippen LogP contribution >= 0.6 is 0 Å². The van der Waals surface area contributed by atoms with Gasteiger partial charge in [-0.1, -0.05) is 26.8 Å². The summed E-state index contributed by atoms with van der Waals surface area (Å²) in [7, 11) is 1.95. The van der Waals surface area contributed by atoms with Gasteiger partial charge in [0.05, 0.1) is 4.92 Å². The zero-order valence-electron chi connectivity index (χ0n) is 12.3. The molecule has 0 bridgehead atoms. The lowest BCUT2D eigenvalue weighted by atomic mass is 9.82. The van der Waals surface area contributed by atoms with Gasteiger partial charge in [0.1, 0.15) is 7.05 Å². The summed E-state index contributed by atoms with van der Waals surface area (Å²) in [6, 6.07) is 9.06. The second-order valence-electron chi connectivity index (χ2n) is 5.99. The standard InChI is InChI=1S/C16H19N2O2/c1-16(2,3)15-6-5-13(18(19)20)11-14(15)12-7-9-17(4)10-8-12/h5-11H,1-4H3/q+1. The average Bonchev–Trinajstić information content (AvgIpc) is 2.37. The molecule has 0 radical (unpaired) electrons. The van der Waals surface area contributed by atoms with Crippen LogP contribution in [0.3, 0.4) is 0 Å². The van der Waals surface area contributed by atoms with Crippen molar-refractivity contribution in [3.8, 4) is 11.1 Å². The Hall–Kier alpha value is -2.23. The van der Waals surface area contributed by atoms with Crippen molar-refractivity contribution in [3.63, 3.8) is 0 Å². The van der Waals surface area contributed by atoms with Crippen LogP contribution in [0.5, 0.6) is 0 Å². The van der Waals surface area contributed by atoms with E-state index in [1.807, 2.05) is 42.2 Å². The molecule has 2 aromatic rings. The molecule has 1 heterocycles. The highest BCUT2D eigenvalue weighted by Crippen LogP contribution is 2.35. The average molecular weight is 271 g/mol. The number of hydrogen-bond donors (Lipinski definition) is 0. The maximum Gasteiger partial charge on any atom is 0.270 e. The number of hydrogen-bond acceptors (Lipinski definition) is 2. The van der Waals surface area contributed by atoms with Crippen molar-refractivity contribution in [3.05, 3.63) is 58.4 Å². The minimum absolute atomic E-state index is 0.0670. The van der Waals surface area contributed by atoms with E-state index in [1.165, 1.54) is 0 Å². The Morgan fingerprint density at radius 1 is 1.10 bits per heavy atom. The van der Waals surface area contributed by atoms with E-state index in [4.69, 9.17) is 0 Å². The van der Waals surface area contributed by atoms with Crippen molar-refractivity contribution >= 4 is 5.69 Å². The smallest absolute Gasteiger partial charge is 0.258 e. The monoisotopic (exact) mass is 271 g/mol. The summed E-state index contributed by atoms with van der Waals surface area (Å²) < 4.78 is 1.94. The lowest BCUT2D eigenvalue weighted by Crippen LogP contribution is -2.25. The molecule has 0 N–H and O–H groups in total. The molecule has 0 aliphatic rings. The Morgan fingerprint density at radius 2 is 1.70 bits per heavy atom.